The zero-order chi connectivity index (χ0) is 13.2. The molecular formula is C12H16ClN5O. The third-order valence-electron chi connectivity index (χ3n) is 3.67. The lowest BCUT2D eigenvalue weighted by molar-refractivity contribution is 0.380. The van der Waals surface area contributed by atoms with Crippen molar-refractivity contribution in [2.45, 2.75) is 31.1 Å². The Balaban J connectivity index is 1.69. The fourth-order valence-corrected chi connectivity index (χ4v) is 2.90. The summed E-state index contributed by atoms with van der Waals surface area (Å²) in [5, 5.41) is 9.82. The van der Waals surface area contributed by atoms with E-state index in [1.54, 1.807) is 6.07 Å². The van der Waals surface area contributed by atoms with Gasteiger partial charge in [-0.05, 0) is 18.8 Å². The van der Waals surface area contributed by atoms with Crippen molar-refractivity contribution in [3.63, 3.8) is 0 Å². The molecule has 0 aromatic carbocycles. The minimum Gasteiger partial charge on any atom is -0.370 e. The summed E-state index contributed by atoms with van der Waals surface area (Å²) in [6.07, 6.45) is 6.20. The predicted molar refractivity (Wildman–Crippen MR) is 73.7 cm³/mol. The lowest BCUT2D eigenvalue weighted by atomic mass is 9.89. The van der Waals surface area contributed by atoms with E-state index in [1.807, 2.05) is 0 Å². The number of rotatable bonds is 3. The molecule has 2 aromatic rings. The number of alkyl halides is 1. The summed E-state index contributed by atoms with van der Waals surface area (Å²) in [6.45, 7) is 0.812. The number of fused-ring (bicyclic) bond motifs is 1. The van der Waals surface area contributed by atoms with Crippen molar-refractivity contribution in [2.24, 2.45) is 5.92 Å². The highest BCUT2D eigenvalue weighted by Gasteiger charge is 2.22. The summed E-state index contributed by atoms with van der Waals surface area (Å²) in [4.78, 5) is 15.5. The van der Waals surface area contributed by atoms with Crippen LogP contribution in [0.15, 0.2) is 17.2 Å². The van der Waals surface area contributed by atoms with Crippen LogP contribution >= 0.6 is 11.6 Å². The molecule has 102 valence electrons. The minimum absolute atomic E-state index is 0.248. The maximum absolute atomic E-state index is 11.3. The molecular weight excluding hydrogens is 266 g/mol. The molecule has 19 heavy (non-hydrogen) atoms. The van der Waals surface area contributed by atoms with E-state index in [-0.39, 0.29) is 11.1 Å². The Kier molecular flexibility index (Phi) is 3.42. The molecule has 2 aromatic heterocycles. The van der Waals surface area contributed by atoms with Crippen LogP contribution < -0.4 is 11.0 Å². The van der Waals surface area contributed by atoms with Gasteiger partial charge in [0, 0.05) is 18.0 Å². The molecule has 3 rings (SSSR count). The van der Waals surface area contributed by atoms with Crippen molar-refractivity contribution in [3.8, 4) is 0 Å². The van der Waals surface area contributed by atoms with Crippen molar-refractivity contribution in [1.82, 2.24) is 19.6 Å². The van der Waals surface area contributed by atoms with Gasteiger partial charge in [-0.2, -0.15) is 5.10 Å². The third kappa shape index (κ3) is 2.58. The van der Waals surface area contributed by atoms with Gasteiger partial charge in [-0.25, -0.2) is 19.3 Å². The highest BCUT2D eigenvalue weighted by Crippen LogP contribution is 2.28. The van der Waals surface area contributed by atoms with Crippen LogP contribution in [-0.4, -0.2) is 31.5 Å². The molecule has 1 aliphatic rings. The molecule has 0 saturated heterocycles. The van der Waals surface area contributed by atoms with Gasteiger partial charge in [0.05, 0.1) is 0 Å². The van der Waals surface area contributed by atoms with E-state index in [0.29, 0.717) is 11.6 Å². The first-order chi connectivity index (χ1) is 9.24. The first-order valence-electron chi connectivity index (χ1n) is 6.55. The van der Waals surface area contributed by atoms with E-state index in [9.17, 15) is 4.79 Å². The summed E-state index contributed by atoms with van der Waals surface area (Å²) in [5.41, 5.74) is 0.288. The second kappa shape index (κ2) is 5.21. The molecule has 6 nitrogen and oxygen atoms in total. The molecule has 1 fully saturated rings. The lowest BCUT2D eigenvalue weighted by Gasteiger charge is -2.27. The number of nitrogens with zero attached hydrogens (tertiary/aromatic N) is 3. The average Bonchev–Trinajstić information content (AvgIpc) is 2.79. The maximum atomic E-state index is 11.3. The van der Waals surface area contributed by atoms with E-state index < -0.39 is 0 Å². The van der Waals surface area contributed by atoms with Crippen LogP contribution in [0, 0.1) is 5.92 Å². The third-order valence-corrected chi connectivity index (χ3v) is 4.25. The monoisotopic (exact) mass is 281 g/mol. The zero-order valence-electron chi connectivity index (χ0n) is 10.5. The molecule has 0 bridgehead atoms. The van der Waals surface area contributed by atoms with E-state index >= 15 is 0 Å². The molecule has 2 N–H and O–H groups in total. The largest absolute Gasteiger partial charge is 0.370 e. The van der Waals surface area contributed by atoms with Gasteiger partial charge < -0.3 is 5.32 Å². The quantitative estimate of drug-likeness (QED) is 0.839. The van der Waals surface area contributed by atoms with Crippen LogP contribution in [0.5, 0.6) is 0 Å². The zero-order valence-corrected chi connectivity index (χ0v) is 11.2. The summed E-state index contributed by atoms with van der Waals surface area (Å²) in [7, 11) is 0. The Labute approximate surface area is 115 Å². The molecule has 2 atom stereocenters. The number of aromatic amines is 1. The molecule has 2 heterocycles. The summed E-state index contributed by atoms with van der Waals surface area (Å²) < 4.78 is 1.37. The molecule has 0 spiro atoms. The SMILES string of the molecule is O=c1[nH]nc2cc(NCC3CCCCC3Cl)ncn12. The van der Waals surface area contributed by atoms with E-state index in [2.05, 4.69) is 20.5 Å². The Morgan fingerprint density at radius 3 is 3.16 bits per heavy atom. The normalized spacial score (nSPS) is 23.6. The molecule has 0 aliphatic heterocycles. The molecule has 1 aliphatic carbocycles. The van der Waals surface area contributed by atoms with Crippen LogP contribution in [0.4, 0.5) is 5.82 Å². The van der Waals surface area contributed by atoms with Crippen LogP contribution in [-0.2, 0) is 0 Å². The van der Waals surface area contributed by atoms with Crippen molar-refractivity contribution in [1.29, 1.82) is 0 Å². The highest BCUT2D eigenvalue weighted by atomic mass is 35.5. The Hall–Kier alpha value is -1.56. The van der Waals surface area contributed by atoms with E-state index in [4.69, 9.17) is 11.6 Å². The number of halogens is 1. The number of nitrogens with one attached hydrogen (secondary N) is 2. The Morgan fingerprint density at radius 2 is 2.32 bits per heavy atom. The highest BCUT2D eigenvalue weighted by molar-refractivity contribution is 6.20. The summed E-state index contributed by atoms with van der Waals surface area (Å²) >= 11 is 6.32. The van der Waals surface area contributed by atoms with Gasteiger partial charge in [-0.15, -0.1) is 11.6 Å². The predicted octanol–water partition coefficient (Wildman–Crippen LogP) is 1.63. The molecule has 7 heteroatoms. The van der Waals surface area contributed by atoms with Crippen molar-refractivity contribution in [3.05, 3.63) is 22.9 Å². The first kappa shape index (κ1) is 12.5. The van der Waals surface area contributed by atoms with Gasteiger partial charge >= 0.3 is 5.69 Å². The topological polar surface area (TPSA) is 75.1 Å². The van der Waals surface area contributed by atoms with Crippen molar-refractivity contribution >= 4 is 23.1 Å². The Bertz CT molecular complexity index is 622. The number of aromatic nitrogens is 4. The second-order valence-corrected chi connectivity index (χ2v) is 5.53. The molecule has 0 amide bonds. The Morgan fingerprint density at radius 1 is 1.47 bits per heavy atom. The number of anilines is 1. The molecule has 0 radical (unpaired) electrons. The van der Waals surface area contributed by atoms with Crippen molar-refractivity contribution in [2.75, 3.05) is 11.9 Å². The maximum Gasteiger partial charge on any atom is 0.348 e. The van der Waals surface area contributed by atoms with Crippen LogP contribution in [0.3, 0.4) is 0 Å². The van der Waals surface area contributed by atoms with Gasteiger partial charge in [0.15, 0.2) is 5.65 Å². The lowest BCUT2D eigenvalue weighted by Crippen LogP contribution is -2.27. The minimum atomic E-state index is -0.276. The summed E-state index contributed by atoms with van der Waals surface area (Å²) in [6, 6.07) is 1.75. The molecule has 1 saturated carbocycles. The fraction of sp³-hybridized carbons (Fsp3) is 0.583. The van der Waals surface area contributed by atoms with Gasteiger partial charge in [-0.3, -0.25) is 0 Å². The first-order valence-corrected chi connectivity index (χ1v) is 6.98. The summed E-state index contributed by atoms with van der Waals surface area (Å²) in [5.74, 6) is 1.20. The standard InChI is InChI=1S/C12H16ClN5O/c13-9-4-2-1-3-8(9)6-14-10-5-11-16-17-12(19)18(11)7-15-10/h5,7-9,14H,1-4,6H2,(H,17,19). The van der Waals surface area contributed by atoms with E-state index in [1.165, 1.54) is 23.6 Å². The average molecular weight is 282 g/mol. The van der Waals surface area contributed by atoms with Gasteiger partial charge in [0.1, 0.15) is 12.1 Å². The number of hydrogen-bond acceptors (Lipinski definition) is 4. The fourth-order valence-electron chi connectivity index (χ4n) is 2.53. The second-order valence-electron chi connectivity index (χ2n) is 4.97. The van der Waals surface area contributed by atoms with Crippen LogP contribution in [0.1, 0.15) is 25.7 Å². The van der Waals surface area contributed by atoms with Gasteiger partial charge in [0.25, 0.3) is 0 Å². The number of H-pyrrole nitrogens is 1. The van der Waals surface area contributed by atoms with E-state index in [0.717, 1.165) is 25.2 Å². The van der Waals surface area contributed by atoms with Gasteiger partial charge in [-0.1, -0.05) is 12.8 Å². The number of hydrogen-bond donors (Lipinski definition) is 2. The molecule has 2 unspecified atom stereocenters. The van der Waals surface area contributed by atoms with Crippen LogP contribution in [0.2, 0.25) is 0 Å². The van der Waals surface area contributed by atoms with Crippen LogP contribution in [0.25, 0.3) is 5.65 Å². The van der Waals surface area contributed by atoms with Gasteiger partial charge in [0.2, 0.25) is 0 Å². The van der Waals surface area contributed by atoms with Crippen molar-refractivity contribution < 1.29 is 0 Å². The smallest absolute Gasteiger partial charge is 0.348 e.